The fraction of sp³-hybridized carbons (Fsp3) is 0.625. The van der Waals surface area contributed by atoms with E-state index >= 15 is 0 Å². The Morgan fingerprint density at radius 1 is 1.38 bits per heavy atom. The van der Waals surface area contributed by atoms with Gasteiger partial charge in [-0.15, -0.1) is 0 Å². The van der Waals surface area contributed by atoms with E-state index in [1.54, 1.807) is 0 Å². The van der Waals surface area contributed by atoms with Crippen LogP contribution in [0.25, 0.3) is 5.52 Å². The Labute approximate surface area is 126 Å². The first-order valence-electron chi connectivity index (χ1n) is 7.94. The lowest BCUT2D eigenvalue weighted by Gasteiger charge is -2.41. The lowest BCUT2D eigenvalue weighted by Crippen LogP contribution is -2.49. The van der Waals surface area contributed by atoms with Crippen LogP contribution in [0.4, 0.5) is 5.82 Å². The summed E-state index contributed by atoms with van der Waals surface area (Å²) in [6.07, 6.45) is 7.36. The minimum atomic E-state index is 0.379. The van der Waals surface area contributed by atoms with Crippen molar-refractivity contribution in [1.29, 1.82) is 0 Å². The van der Waals surface area contributed by atoms with Gasteiger partial charge >= 0.3 is 0 Å². The molecule has 0 aromatic carbocycles. The van der Waals surface area contributed by atoms with Crippen LogP contribution in [-0.4, -0.2) is 33.2 Å². The first-order valence-corrected chi connectivity index (χ1v) is 7.94. The van der Waals surface area contributed by atoms with E-state index in [2.05, 4.69) is 41.8 Å². The molecule has 3 heterocycles. The number of fused-ring (bicyclic) bond motifs is 1. The highest BCUT2D eigenvalue weighted by Crippen LogP contribution is 2.31. The maximum atomic E-state index is 6.00. The third-order valence-corrected chi connectivity index (χ3v) is 4.52. The highest BCUT2D eigenvalue weighted by molar-refractivity contribution is 5.70. The molecule has 5 nitrogen and oxygen atoms in total. The van der Waals surface area contributed by atoms with E-state index in [0.29, 0.717) is 24.5 Å². The summed E-state index contributed by atoms with van der Waals surface area (Å²) in [4.78, 5) is 7.07. The number of anilines is 1. The van der Waals surface area contributed by atoms with Gasteiger partial charge in [0.2, 0.25) is 0 Å². The van der Waals surface area contributed by atoms with E-state index in [4.69, 9.17) is 5.73 Å². The number of piperidine rings is 1. The molecular weight excluding hydrogens is 262 g/mol. The number of nitrogens with zero attached hydrogens (tertiary/aromatic N) is 4. The molecule has 0 bridgehead atoms. The van der Waals surface area contributed by atoms with Gasteiger partial charge in [0.15, 0.2) is 5.82 Å². The van der Waals surface area contributed by atoms with Gasteiger partial charge in [0.05, 0.1) is 5.69 Å². The zero-order valence-electron chi connectivity index (χ0n) is 13.2. The molecule has 2 aromatic heterocycles. The van der Waals surface area contributed by atoms with E-state index in [9.17, 15) is 0 Å². The van der Waals surface area contributed by atoms with E-state index in [-0.39, 0.29) is 0 Å². The summed E-state index contributed by atoms with van der Waals surface area (Å²) >= 11 is 0. The predicted molar refractivity (Wildman–Crippen MR) is 85.7 cm³/mol. The summed E-state index contributed by atoms with van der Waals surface area (Å²) in [5.74, 6) is 1.45. The van der Waals surface area contributed by atoms with Crippen molar-refractivity contribution in [2.45, 2.75) is 58.0 Å². The summed E-state index contributed by atoms with van der Waals surface area (Å²) < 4.78 is 1.95. The van der Waals surface area contributed by atoms with Gasteiger partial charge in [0, 0.05) is 31.0 Å². The number of hydrogen-bond acceptors (Lipinski definition) is 4. The fourth-order valence-electron chi connectivity index (χ4n) is 3.31. The van der Waals surface area contributed by atoms with Crippen LogP contribution in [0.15, 0.2) is 18.5 Å². The van der Waals surface area contributed by atoms with Crippen LogP contribution in [0.5, 0.6) is 0 Å². The largest absolute Gasteiger partial charge is 0.348 e. The first-order chi connectivity index (χ1) is 10.1. The minimum Gasteiger partial charge on any atom is -0.348 e. The molecule has 0 spiro atoms. The third kappa shape index (κ3) is 2.50. The van der Waals surface area contributed by atoms with E-state index in [1.807, 2.05) is 16.9 Å². The molecule has 0 saturated carbocycles. The Hall–Kier alpha value is -1.62. The molecular formula is C16H25N5. The summed E-state index contributed by atoms with van der Waals surface area (Å²) in [5, 5.41) is 4.66. The normalized spacial score (nSPS) is 23.2. The first kappa shape index (κ1) is 14.3. The minimum absolute atomic E-state index is 0.379. The predicted octanol–water partition coefficient (Wildman–Crippen LogP) is 2.56. The maximum absolute atomic E-state index is 6.00. The van der Waals surface area contributed by atoms with Crippen molar-refractivity contribution in [2.75, 3.05) is 11.4 Å². The zero-order chi connectivity index (χ0) is 15.0. The molecule has 0 radical (unpaired) electrons. The molecule has 1 fully saturated rings. The van der Waals surface area contributed by atoms with Gasteiger partial charge < -0.3 is 10.6 Å². The second-order valence-corrected chi connectivity index (χ2v) is 6.38. The maximum Gasteiger partial charge on any atom is 0.155 e. The molecule has 114 valence electrons. The molecule has 1 aliphatic heterocycles. The van der Waals surface area contributed by atoms with Gasteiger partial charge in [0.25, 0.3) is 0 Å². The number of rotatable bonds is 3. The monoisotopic (exact) mass is 287 g/mol. The highest BCUT2D eigenvalue weighted by atomic mass is 15.3. The molecule has 2 aromatic rings. The Morgan fingerprint density at radius 3 is 2.90 bits per heavy atom. The second kappa shape index (κ2) is 5.64. The molecule has 0 amide bonds. The Morgan fingerprint density at radius 2 is 2.19 bits per heavy atom. The van der Waals surface area contributed by atoms with Crippen molar-refractivity contribution in [3.63, 3.8) is 0 Å². The molecule has 0 aliphatic carbocycles. The van der Waals surface area contributed by atoms with Gasteiger partial charge in [-0.3, -0.25) is 0 Å². The van der Waals surface area contributed by atoms with Crippen molar-refractivity contribution < 1.29 is 0 Å². The van der Waals surface area contributed by atoms with Crippen LogP contribution in [0, 0.1) is 0 Å². The molecule has 1 saturated heterocycles. The van der Waals surface area contributed by atoms with Crippen LogP contribution in [0.3, 0.4) is 0 Å². The summed E-state index contributed by atoms with van der Waals surface area (Å²) in [6, 6.07) is 3.02. The Bertz CT molecular complexity index is 618. The van der Waals surface area contributed by atoms with Gasteiger partial charge in [-0.25, -0.2) is 9.50 Å². The third-order valence-electron chi connectivity index (χ3n) is 4.52. The molecule has 5 heteroatoms. The molecule has 1 aliphatic rings. The number of hydrogen-bond donors (Lipinski definition) is 1. The summed E-state index contributed by atoms with van der Waals surface area (Å²) in [5.41, 5.74) is 8.20. The highest BCUT2D eigenvalue weighted by Gasteiger charge is 2.29. The molecule has 2 atom stereocenters. The molecule has 3 rings (SSSR count). The van der Waals surface area contributed by atoms with Crippen molar-refractivity contribution in [3.8, 4) is 0 Å². The van der Waals surface area contributed by atoms with Gasteiger partial charge in [-0.1, -0.05) is 13.8 Å². The Balaban J connectivity index is 2.09. The summed E-state index contributed by atoms with van der Waals surface area (Å²) in [7, 11) is 0. The molecule has 21 heavy (non-hydrogen) atoms. The fourth-order valence-corrected chi connectivity index (χ4v) is 3.31. The number of aromatic nitrogens is 3. The lowest BCUT2D eigenvalue weighted by molar-refractivity contribution is 0.398. The summed E-state index contributed by atoms with van der Waals surface area (Å²) in [6.45, 7) is 7.28. The standard InChI is InChI=1S/C16H25N5/c1-11(2)14-9-15-16(18-7-8-20(15)19-14)21-12(3)5-4-6-13(21)10-17/h7-9,11-13H,4-6,10,17H2,1-3H3. The second-order valence-electron chi connectivity index (χ2n) is 6.38. The zero-order valence-corrected chi connectivity index (χ0v) is 13.2. The average molecular weight is 287 g/mol. The van der Waals surface area contributed by atoms with E-state index in [0.717, 1.165) is 23.4 Å². The average Bonchev–Trinajstić information content (AvgIpc) is 2.91. The van der Waals surface area contributed by atoms with E-state index < -0.39 is 0 Å². The SMILES string of the molecule is CC(C)c1cc2c(N3C(C)CCCC3CN)nccn2n1. The van der Waals surface area contributed by atoms with Gasteiger partial charge in [-0.05, 0) is 38.2 Å². The van der Waals surface area contributed by atoms with Crippen LogP contribution in [0.2, 0.25) is 0 Å². The van der Waals surface area contributed by atoms with Crippen molar-refractivity contribution >= 4 is 11.3 Å². The lowest BCUT2D eigenvalue weighted by atomic mass is 9.96. The van der Waals surface area contributed by atoms with Gasteiger partial charge in [0.1, 0.15) is 5.52 Å². The molecule has 2 unspecified atom stereocenters. The topological polar surface area (TPSA) is 59.5 Å². The molecule has 2 N–H and O–H groups in total. The van der Waals surface area contributed by atoms with Crippen LogP contribution < -0.4 is 10.6 Å². The smallest absolute Gasteiger partial charge is 0.155 e. The van der Waals surface area contributed by atoms with E-state index in [1.165, 1.54) is 12.8 Å². The van der Waals surface area contributed by atoms with Crippen LogP contribution >= 0.6 is 0 Å². The van der Waals surface area contributed by atoms with Crippen LogP contribution in [0.1, 0.15) is 51.6 Å². The van der Waals surface area contributed by atoms with Crippen molar-refractivity contribution in [1.82, 2.24) is 14.6 Å². The van der Waals surface area contributed by atoms with Crippen LogP contribution in [-0.2, 0) is 0 Å². The van der Waals surface area contributed by atoms with Gasteiger partial charge in [-0.2, -0.15) is 5.10 Å². The van der Waals surface area contributed by atoms with Crippen molar-refractivity contribution in [3.05, 3.63) is 24.2 Å². The quantitative estimate of drug-likeness (QED) is 0.942. The Kier molecular flexibility index (Phi) is 3.85. The number of nitrogens with two attached hydrogens (primary N) is 1. The van der Waals surface area contributed by atoms with Crippen molar-refractivity contribution in [2.24, 2.45) is 5.73 Å².